The molecule has 10 rings (SSSR count). The van der Waals surface area contributed by atoms with Crippen LogP contribution < -0.4 is 4.90 Å². The zero-order chi connectivity index (χ0) is 39.2. The lowest BCUT2D eigenvalue weighted by Gasteiger charge is -2.26. The second-order valence-corrected chi connectivity index (χ2v) is 15.6. The van der Waals surface area contributed by atoms with Crippen molar-refractivity contribution in [3.63, 3.8) is 0 Å². The summed E-state index contributed by atoms with van der Waals surface area (Å²) in [6, 6.07) is 69.9. The number of benzene rings is 8. The van der Waals surface area contributed by atoms with Crippen molar-refractivity contribution in [3.8, 4) is 39.1 Å². The molecule has 0 saturated carbocycles. The van der Waals surface area contributed by atoms with Gasteiger partial charge in [0, 0.05) is 46.4 Å². The van der Waals surface area contributed by atoms with Gasteiger partial charge in [0.2, 0.25) is 0 Å². The van der Waals surface area contributed by atoms with E-state index in [1.165, 1.54) is 66.4 Å². The Morgan fingerprint density at radius 1 is 0.534 bits per heavy atom. The van der Waals surface area contributed by atoms with Crippen molar-refractivity contribution < 1.29 is 0 Å². The molecule has 0 unspecified atom stereocenters. The zero-order valence-electron chi connectivity index (χ0n) is 32.7. The third kappa shape index (κ3) is 6.02. The van der Waals surface area contributed by atoms with Gasteiger partial charge >= 0.3 is 0 Å². The van der Waals surface area contributed by atoms with E-state index >= 15 is 0 Å². The molecular weight excluding hydrogens is 705 g/mol. The lowest BCUT2D eigenvalue weighted by molar-refractivity contribution is 0.660. The van der Waals surface area contributed by atoms with Crippen LogP contribution in [0.1, 0.15) is 36.1 Å². The largest absolute Gasteiger partial charge is 0.320 e. The molecule has 58 heavy (non-hydrogen) atoms. The van der Waals surface area contributed by atoms with Crippen LogP contribution in [0, 0.1) is 0 Å². The van der Waals surface area contributed by atoms with Crippen LogP contribution >= 0.6 is 0 Å². The van der Waals surface area contributed by atoms with Gasteiger partial charge in [-0.25, -0.2) is 0 Å². The van der Waals surface area contributed by atoms with Gasteiger partial charge < -0.3 is 9.47 Å². The smallest absolute Gasteiger partial charge is 0.163 e. The van der Waals surface area contributed by atoms with Crippen LogP contribution in [0.4, 0.5) is 5.69 Å². The number of anilines is 1. The van der Waals surface area contributed by atoms with Crippen LogP contribution in [0.15, 0.2) is 204 Å². The Bertz CT molecular complexity index is 3010. The fourth-order valence-corrected chi connectivity index (χ4v) is 8.95. The van der Waals surface area contributed by atoms with E-state index in [1.807, 2.05) is 24.3 Å². The summed E-state index contributed by atoms with van der Waals surface area (Å²) in [7, 11) is 0. The highest BCUT2D eigenvalue weighted by molar-refractivity contribution is 6.11. The second kappa shape index (κ2) is 14.3. The monoisotopic (exact) mass is 746 g/mol. The summed E-state index contributed by atoms with van der Waals surface area (Å²) in [6.45, 7) is 9.03. The Kier molecular flexibility index (Phi) is 8.68. The topological polar surface area (TPSA) is 32.9 Å². The summed E-state index contributed by atoms with van der Waals surface area (Å²) in [6.07, 6.45) is 0. The summed E-state index contributed by atoms with van der Waals surface area (Å²) in [5.74, 6) is 0.740. The fraction of sp³-hybridized carbons (Fsp3) is 0.0741. The van der Waals surface area contributed by atoms with Crippen molar-refractivity contribution in [1.29, 1.82) is 0 Å². The molecule has 1 aromatic heterocycles. The maximum atomic E-state index is 4.57. The molecule has 0 bridgehead atoms. The first kappa shape index (κ1) is 35.1. The van der Waals surface area contributed by atoms with Gasteiger partial charge in [0.05, 0.1) is 11.0 Å². The number of nitrogens with zero attached hydrogens (tertiary/aromatic N) is 4. The van der Waals surface area contributed by atoms with Crippen LogP contribution in [-0.2, 0) is 12.0 Å². The molecule has 0 spiro atoms. The number of amidine groups is 1. The number of aromatic nitrogens is 1. The van der Waals surface area contributed by atoms with E-state index in [4.69, 9.17) is 0 Å². The van der Waals surface area contributed by atoms with Gasteiger partial charge in [-0.05, 0) is 98.6 Å². The first-order valence-corrected chi connectivity index (χ1v) is 19.9. The molecule has 0 saturated heterocycles. The van der Waals surface area contributed by atoms with Gasteiger partial charge in [0.15, 0.2) is 5.84 Å². The Morgan fingerprint density at radius 2 is 1.16 bits per heavy atom. The van der Waals surface area contributed by atoms with E-state index < -0.39 is 0 Å². The van der Waals surface area contributed by atoms with Gasteiger partial charge in [0.1, 0.15) is 0 Å². The summed E-state index contributed by atoms with van der Waals surface area (Å²) in [5.41, 5.74) is 16.8. The maximum absolute atomic E-state index is 4.57. The van der Waals surface area contributed by atoms with Crippen LogP contribution in [0.25, 0.3) is 60.9 Å². The molecule has 0 atom stereocenters. The summed E-state index contributed by atoms with van der Waals surface area (Å²) in [5, 5.41) is 11.0. The number of hydrogen-bond acceptors (Lipinski definition) is 2. The van der Waals surface area contributed by atoms with Crippen molar-refractivity contribution >= 4 is 40.0 Å². The molecule has 0 aliphatic heterocycles. The van der Waals surface area contributed by atoms with Gasteiger partial charge in [-0.2, -0.15) is 5.10 Å². The van der Waals surface area contributed by atoms with Crippen LogP contribution in [0.3, 0.4) is 0 Å². The molecule has 0 radical (unpaired) electrons. The quantitative estimate of drug-likeness (QED) is 0.0866. The second-order valence-electron chi connectivity index (χ2n) is 15.6. The first-order chi connectivity index (χ1) is 28.5. The molecular formula is C54H42N4. The van der Waals surface area contributed by atoms with E-state index in [0.717, 1.165) is 28.3 Å². The number of para-hydroxylation sites is 1. The average Bonchev–Trinajstić information content (AvgIpc) is 3.73. The van der Waals surface area contributed by atoms with Crippen molar-refractivity contribution in [1.82, 2.24) is 4.57 Å². The van der Waals surface area contributed by atoms with Crippen LogP contribution in [0.2, 0.25) is 0 Å². The molecule has 0 N–H and O–H groups in total. The van der Waals surface area contributed by atoms with Gasteiger partial charge in [-0.1, -0.05) is 159 Å². The third-order valence-electron chi connectivity index (χ3n) is 11.8. The lowest BCUT2D eigenvalue weighted by Crippen LogP contribution is -2.31. The van der Waals surface area contributed by atoms with E-state index in [1.54, 1.807) is 0 Å². The Morgan fingerprint density at radius 3 is 1.93 bits per heavy atom. The lowest BCUT2D eigenvalue weighted by atomic mass is 9.81. The van der Waals surface area contributed by atoms with Crippen LogP contribution in [0.5, 0.6) is 0 Å². The zero-order valence-corrected chi connectivity index (χ0v) is 32.7. The minimum atomic E-state index is -0.0447. The molecule has 4 heteroatoms. The molecule has 8 aromatic carbocycles. The van der Waals surface area contributed by atoms with Crippen molar-refractivity contribution in [2.24, 2.45) is 10.2 Å². The van der Waals surface area contributed by atoms with E-state index in [-0.39, 0.29) is 5.41 Å². The number of rotatable bonds is 8. The molecule has 1 aliphatic rings. The third-order valence-corrected chi connectivity index (χ3v) is 11.8. The van der Waals surface area contributed by atoms with Gasteiger partial charge in [0.25, 0.3) is 0 Å². The highest BCUT2D eigenvalue weighted by atomic mass is 15.3. The normalized spacial score (nSPS) is 13.0. The molecule has 0 amide bonds. The maximum Gasteiger partial charge on any atom is 0.163 e. The molecule has 0 fully saturated rings. The highest BCUT2D eigenvalue weighted by Gasteiger charge is 2.35. The number of fused-ring (bicyclic) bond motifs is 6. The van der Waals surface area contributed by atoms with Crippen LogP contribution in [-0.4, -0.2) is 17.1 Å². The minimum Gasteiger partial charge on any atom is -0.320 e. The summed E-state index contributed by atoms with van der Waals surface area (Å²) in [4.78, 5) is 2.21. The van der Waals surface area contributed by atoms with E-state index in [0.29, 0.717) is 6.54 Å². The fourth-order valence-electron chi connectivity index (χ4n) is 8.95. The predicted octanol–water partition coefficient (Wildman–Crippen LogP) is 13.5. The standard InChI is InChI=1S/C54H42N4/c1-54(2)49-23-12-10-21-45(49)46-31-25-41(34-50(46)54)39-19-14-20-40(33-39)42-26-32-48-47-22-11-13-24-51(47)58(52(48)35-42)44-29-27-43(28-30-44)57(36-37-15-6-4-7-16-37)53(56-55-3)38-17-8-5-9-18-38/h4-35H,3,36H2,1-2H3/b56-53-. The van der Waals surface area contributed by atoms with Gasteiger partial charge in [-0.3, -0.25) is 0 Å². The molecule has 1 heterocycles. The first-order valence-electron chi connectivity index (χ1n) is 19.9. The average molecular weight is 747 g/mol. The summed E-state index contributed by atoms with van der Waals surface area (Å²) < 4.78 is 2.39. The minimum absolute atomic E-state index is 0.0447. The van der Waals surface area contributed by atoms with Crippen molar-refractivity contribution in [3.05, 3.63) is 216 Å². The van der Waals surface area contributed by atoms with E-state index in [2.05, 4.69) is 210 Å². The van der Waals surface area contributed by atoms with E-state index in [9.17, 15) is 0 Å². The molecule has 9 aromatic rings. The Balaban J connectivity index is 1.04. The SMILES string of the molecule is C=N/N=C(/c1ccccc1)N(Cc1ccccc1)c1ccc(-n2c3ccccc3c3ccc(-c4cccc(-c5ccc6c(c5)C(C)(C)c5ccccc5-6)c4)cc32)cc1. The number of hydrogen-bond donors (Lipinski definition) is 0. The Labute approximate surface area is 339 Å². The van der Waals surface area contributed by atoms with Crippen molar-refractivity contribution in [2.75, 3.05) is 4.90 Å². The van der Waals surface area contributed by atoms with Gasteiger partial charge in [-0.15, -0.1) is 5.10 Å². The molecule has 278 valence electrons. The molecule has 1 aliphatic carbocycles. The Hall–Kier alpha value is -7.30. The highest BCUT2D eigenvalue weighted by Crippen LogP contribution is 2.49. The predicted molar refractivity (Wildman–Crippen MR) is 244 cm³/mol. The van der Waals surface area contributed by atoms with Crippen molar-refractivity contribution in [2.45, 2.75) is 25.8 Å². The molecule has 4 nitrogen and oxygen atoms in total. The summed E-state index contributed by atoms with van der Waals surface area (Å²) >= 11 is 0.